The summed E-state index contributed by atoms with van der Waals surface area (Å²) in [6.07, 6.45) is 1.51. The predicted molar refractivity (Wildman–Crippen MR) is 99.8 cm³/mol. The largest absolute Gasteiger partial charge is 0.477 e. The Labute approximate surface area is 151 Å². The van der Waals surface area contributed by atoms with Crippen LogP contribution in [0.3, 0.4) is 0 Å². The molecule has 0 spiro atoms. The average molecular weight is 356 g/mol. The minimum absolute atomic E-state index is 0.0407. The van der Waals surface area contributed by atoms with Crippen molar-refractivity contribution in [1.29, 1.82) is 0 Å². The van der Waals surface area contributed by atoms with Gasteiger partial charge in [-0.3, -0.25) is 14.9 Å². The maximum absolute atomic E-state index is 11.8. The second kappa shape index (κ2) is 8.61. The monoisotopic (exact) mass is 356 g/mol. The maximum atomic E-state index is 11.8. The number of nitro groups is 1. The zero-order chi connectivity index (χ0) is 19.1. The lowest BCUT2D eigenvalue weighted by Crippen LogP contribution is -2.24. The van der Waals surface area contributed by atoms with Gasteiger partial charge in [0.1, 0.15) is 0 Å². The van der Waals surface area contributed by atoms with E-state index in [1.54, 1.807) is 13.0 Å². The SMILES string of the molecule is Cc1ccc(OCC(=O)NN=Cc2ccc(N(C)C)cc2)c([N+](=O)[O-])c1. The van der Waals surface area contributed by atoms with Crippen LogP contribution in [0.15, 0.2) is 47.6 Å². The Morgan fingerprint density at radius 2 is 1.96 bits per heavy atom. The topological polar surface area (TPSA) is 97.1 Å². The number of amides is 1. The summed E-state index contributed by atoms with van der Waals surface area (Å²) in [6.45, 7) is 1.37. The standard InChI is InChI=1S/C18H20N4O4/c1-13-4-9-17(16(10-13)22(24)25)26-12-18(23)20-19-11-14-5-7-15(8-6-14)21(2)3/h4-11H,12H2,1-3H3,(H,20,23). The fourth-order valence-electron chi connectivity index (χ4n) is 2.11. The molecule has 0 heterocycles. The highest BCUT2D eigenvalue weighted by Gasteiger charge is 2.16. The van der Waals surface area contributed by atoms with Crippen molar-refractivity contribution in [3.05, 3.63) is 63.7 Å². The van der Waals surface area contributed by atoms with Crippen molar-refractivity contribution in [3.63, 3.8) is 0 Å². The fourth-order valence-corrected chi connectivity index (χ4v) is 2.11. The van der Waals surface area contributed by atoms with Gasteiger partial charge in [0, 0.05) is 25.8 Å². The van der Waals surface area contributed by atoms with Gasteiger partial charge in [-0.2, -0.15) is 5.10 Å². The lowest BCUT2D eigenvalue weighted by Gasteiger charge is -2.11. The molecule has 0 bridgehead atoms. The van der Waals surface area contributed by atoms with Crippen LogP contribution in [0.5, 0.6) is 5.75 Å². The van der Waals surface area contributed by atoms with Gasteiger partial charge in [0.2, 0.25) is 0 Å². The van der Waals surface area contributed by atoms with Crippen molar-refractivity contribution in [2.24, 2.45) is 5.10 Å². The molecule has 0 aliphatic carbocycles. The molecule has 0 saturated heterocycles. The summed E-state index contributed by atoms with van der Waals surface area (Å²) in [4.78, 5) is 24.2. The number of hydrazone groups is 1. The molecule has 0 aliphatic rings. The Bertz CT molecular complexity index is 816. The molecule has 1 amide bonds. The van der Waals surface area contributed by atoms with Crippen LogP contribution in [0, 0.1) is 17.0 Å². The Morgan fingerprint density at radius 1 is 1.27 bits per heavy atom. The number of aryl methyl sites for hydroxylation is 1. The van der Waals surface area contributed by atoms with Gasteiger partial charge in [-0.05, 0) is 36.2 Å². The van der Waals surface area contributed by atoms with Crippen LogP contribution in [0.1, 0.15) is 11.1 Å². The molecule has 136 valence electrons. The highest BCUT2D eigenvalue weighted by molar-refractivity contribution is 5.83. The van der Waals surface area contributed by atoms with Gasteiger partial charge in [-0.1, -0.05) is 18.2 Å². The average Bonchev–Trinajstić information content (AvgIpc) is 2.61. The second-order valence-corrected chi connectivity index (χ2v) is 5.80. The summed E-state index contributed by atoms with van der Waals surface area (Å²) in [5.74, 6) is -0.472. The molecule has 0 saturated carbocycles. The van der Waals surface area contributed by atoms with Gasteiger partial charge in [0.05, 0.1) is 11.1 Å². The third-order valence-corrected chi connectivity index (χ3v) is 3.48. The lowest BCUT2D eigenvalue weighted by atomic mass is 10.2. The second-order valence-electron chi connectivity index (χ2n) is 5.80. The number of rotatable bonds is 7. The molecule has 0 aromatic heterocycles. The number of carbonyl (C=O) groups is 1. The number of nitro benzene ring substituents is 1. The first-order chi connectivity index (χ1) is 12.4. The normalized spacial score (nSPS) is 10.6. The lowest BCUT2D eigenvalue weighted by molar-refractivity contribution is -0.385. The molecule has 2 rings (SSSR count). The van der Waals surface area contributed by atoms with Crippen molar-refractivity contribution in [2.75, 3.05) is 25.6 Å². The van der Waals surface area contributed by atoms with Crippen molar-refractivity contribution >= 4 is 23.5 Å². The Morgan fingerprint density at radius 3 is 2.58 bits per heavy atom. The quantitative estimate of drug-likeness (QED) is 0.467. The number of ether oxygens (including phenoxy) is 1. The van der Waals surface area contributed by atoms with Crippen molar-refractivity contribution in [1.82, 2.24) is 5.43 Å². The smallest absolute Gasteiger partial charge is 0.311 e. The first kappa shape index (κ1) is 18.9. The summed E-state index contributed by atoms with van der Waals surface area (Å²) in [5.41, 5.74) is 4.76. The van der Waals surface area contributed by atoms with E-state index in [1.165, 1.54) is 18.3 Å². The molecule has 2 aromatic rings. The van der Waals surface area contributed by atoms with E-state index in [4.69, 9.17) is 4.74 Å². The Hall–Kier alpha value is -3.42. The van der Waals surface area contributed by atoms with E-state index >= 15 is 0 Å². The summed E-state index contributed by atoms with van der Waals surface area (Å²) in [5, 5.41) is 14.9. The molecule has 0 unspecified atom stereocenters. The van der Waals surface area contributed by atoms with E-state index in [2.05, 4.69) is 10.5 Å². The molecule has 0 radical (unpaired) electrons. The molecule has 0 atom stereocenters. The zero-order valence-electron chi connectivity index (χ0n) is 14.8. The molecule has 8 nitrogen and oxygen atoms in total. The maximum Gasteiger partial charge on any atom is 0.311 e. The third-order valence-electron chi connectivity index (χ3n) is 3.48. The highest BCUT2D eigenvalue weighted by atomic mass is 16.6. The number of benzene rings is 2. The third kappa shape index (κ3) is 5.30. The van der Waals surface area contributed by atoms with E-state index in [-0.39, 0.29) is 18.0 Å². The summed E-state index contributed by atoms with van der Waals surface area (Å²) >= 11 is 0. The summed E-state index contributed by atoms with van der Waals surface area (Å²) in [6, 6.07) is 12.1. The van der Waals surface area contributed by atoms with Gasteiger partial charge in [0.15, 0.2) is 12.4 Å². The molecule has 1 N–H and O–H groups in total. The van der Waals surface area contributed by atoms with E-state index in [0.29, 0.717) is 0 Å². The van der Waals surface area contributed by atoms with E-state index < -0.39 is 10.8 Å². The molecule has 2 aromatic carbocycles. The van der Waals surface area contributed by atoms with Crippen LogP contribution in [0.25, 0.3) is 0 Å². The Kier molecular flexibility index (Phi) is 6.26. The van der Waals surface area contributed by atoms with Crippen LogP contribution in [0.2, 0.25) is 0 Å². The van der Waals surface area contributed by atoms with Crippen molar-refractivity contribution in [3.8, 4) is 5.75 Å². The number of hydrogen-bond acceptors (Lipinski definition) is 6. The van der Waals surface area contributed by atoms with Crippen LogP contribution >= 0.6 is 0 Å². The summed E-state index contributed by atoms with van der Waals surface area (Å²) in [7, 11) is 3.89. The minimum Gasteiger partial charge on any atom is -0.477 e. The Balaban J connectivity index is 1.88. The van der Waals surface area contributed by atoms with Gasteiger partial charge < -0.3 is 9.64 Å². The van der Waals surface area contributed by atoms with E-state index in [9.17, 15) is 14.9 Å². The molecule has 0 fully saturated rings. The zero-order valence-corrected chi connectivity index (χ0v) is 14.8. The molecule has 26 heavy (non-hydrogen) atoms. The van der Waals surface area contributed by atoms with Crippen LogP contribution in [0.4, 0.5) is 11.4 Å². The van der Waals surface area contributed by atoms with E-state index in [0.717, 1.165) is 16.8 Å². The molecule has 8 heteroatoms. The van der Waals surface area contributed by atoms with Crippen molar-refractivity contribution < 1.29 is 14.5 Å². The molecule has 0 aliphatic heterocycles. The number of nitrogens with zero attached hydrogens (tertiary/aromatic N) is 3. The first-order valence-electron chi connectivity index (χ1n) is 7.84. The van der Waals surface area contributed by atoms with Gasteiger partial charge in [-0.15, -0.1) is 0 Å². The summed E-state index contributed by atoms with van der Waals surface area (Å²) < 4.78 is 5.23. The molecular weight excluding hydrogens is 336 g/mol. The van der Waals surface area contributed by atoms with Crippen LogP contribution < -0.4 is 15.1 Å². The fraction of sp³-hybridized carbons (Fsp3) is 0.222. The van der Waals surface area contributed by atoms with Crippen LogP contribution in [-0.2, 0) is 4.79 Å². The van der Waals surface area contributed by atoms with Crippen molar-refractivity contribution in [2.45, 2.75) is 6.92 Å². The highest BCUT2D eigenvalue weighted by Crippen LogP contribution is 2.27. The number of carbonyl (C=O) groups excluding carboxylic acids is 1. The van der Waals surface area contributed by atoms with Crippen LogP contribution in [-0.4, -0.2) is 37.7 Å². The number of anilines is 1. The first-order valence-corrected chi connectivity index (χ1v) is 7.84. The number of hydrogen-bond donors (Lipinski definition) is 1. The minimum atomic E-state index is -0.546. The van der Waals surface area contributed by atoms with E-state index in [1.807, 2.05) is 43.3 Å². The number of nitrogens with one attached hydrogen (secondary N) is 1. The molecular formula is C18H20N4O4. The van der Waals surface area contributed by atoms with Gasteiger partial charge >= 0.3 is 5.69 Å². The predicted octanol–water partition coefficient (Wildman–Crippen LogP) is 2.50. The van der Waals surface area contributed by atoms with Gasteiger partial charge in [0.25, 0.3) is 5.91 Å². The van der Waals surface area contributed by atoms with Gasteiger partial charge in [-0.25, -0.2) is 5.43 Å².